The van der Waals surface area contributed by atoms with Gasteiger partial charge in [0, 0.05) is 19.2 Å². The molecule has 1 aromatic carbocycles. The molecule has 0 atom stereocenters. The van der Waals surface area contributed by atoms with E-state index in [1.54, 1.807) is 21.1 Å². The molecule has 0 saturated heterocycles. The van der Waals surface area contributed by atoms with E-state index in [9.17, 15) is 9.59 Å². The van der Waals surface area contributed by atoms with E-state index in [-0.39, 0.29) is 17.2 Å². The summed E-state index contributed by atoms with van der Waals surface area (Å²) in [6, 6.07) is 8.40. The number of carbonyl (C=O) groups excluding carboxylic acids is 1. The molecule has 0 unspecified atom stereocenters. The topological polar surface area (TPSA) is 82.5 Å². The monoisotopic (exact) mass is 331 g/mol. The van der Waals surface area contributed by atoms with E-state index < -0.39 is 0 Å². The van der Waals surface area contributed by atoms with Crippen molar-refractivity contribution < 1.29 is 14.3 Å². The van der Waals surface area contributed by atoms with Gasteiger partial charge < -0.3 is 14.8 Å². The highest BCUT2D eigenvalue weighted by Gasteiger charge is 2.09. The van der Waals surface area contributed by atoms with Gasteiger partial charge in [-0.1, -0.05) is 6.07 Å². The van der Waals surface area contributed by atoms with Crippen LogP contribution in [0.25, 0.3) is 0 Å². The summed E-state index contributed by atoms with van der Waals surface area (Å²) < 4.78 is 11.7. The second-order valence-electron chi connectivity index (χ2n) is 5.07. The van der Waals surface area contributed by atoms with Gasteiger partial charge in [-0.05, 0) is 37.1 Å². The number of aromatic nitrogens is 2. The third kappa shape index (κ3) is 4.13. The van der Waals surface area contributed by atoms with E-state index >= 15 is 0 Å². The van der Waals surface area contributed by atoms with Crippen LogP contribution in [0.1, 0.15) is 23.0 Å². The van der Waals surface area contributed by atoms with Crippen LogP contribution in [0, 0.1) is 0 Å². The van der Waals surface area contributed by atoms with Gasteiger partial charge >= 0.3 is 0 Å². The molecule has 0 aliphatic rings. The lowest BCUT2D eigenvalue weighted by atomic mass is 10.1. The molecule has 1 amide bonds. The fourth-order valence-electron chi connectivity index (χ4n) is 2.24. The van der Waals surface area contributed by atoms with Gasteiger partial charge in [-0.25, -0.2) is 4.68 Å². The van der Waals surface area contributed by atoms with Crippen LogP contribution in [0.5, 0.6) is 11.5 Å². The fraction of sp³-hybridized carbons (Fsp3) is 0.353. The van der Waals surface area contributed by atoms with E-state index in [2.05, 4.69) is 10.4 Å². The Labute approximate surface area is 140 Å². The average Bonchev–Trinajstić information content (AvgIpc) is 2.61. The number of methoxy groups -OCH3 is 2. The number of hydrogen-bond donors (Lipinski definition) is 1. The van der Waals surface area contributed by atoms with Crippen molar-refractivity contribution >= 4 is 5.91 Å². The highest BCUT2D eigenvalue weighted by molar-refractivity contribution is 5.91. The molecule has 2 rings (SSSR count). The van der Waals surface area contributed by atoms with Crippen LogP contribution < -0.4 is 20.3 Å². The van der Waals surface area contributed by atoms with Crippen LogP contribution in [0.15, 0.2) is 35.1 Å². The summed E-state index contributed by atoms with van der Waals surface area (Å²) in [6.45, 7) is 2.67. The van der Waals surface area contributed by atoms with E-state index in [0.717, 1.165) is 5.56 Å². The highest BCUT2D eigenvalue weighted by Crippen LogP contribution is 2.27. The number of amides is 1. The normalized spacial score (nSPS) is 10.3. The molecule has 24 heavy (non-hydrogen) atoms. The van der Waals surface area contributed by atoms with Crippen molar-refractivity contribution in [3.8, 4) is 11.5 Å². The van der Waals surface area contributed by atoms with Gasteiger partial charge in [0.15, 0.2) is 11.5 Å². The molecule has 7 nitrogen and oxygen atoms in total. The van der Waals surface area contributed by atoms with Gasteiger partial charge in [-0.3, -0.25) is 9.59 Å². The Kier molecular flexibility index (Phi) is 5.95. The van der Waals surface area contributed by atoms with Crippen molar-refractivity contribution in [2.75, 3.05) is 20.8 Å². The summed E-state index contributed by atoms with van der Waals surface area (Å²) in [5.74, 6) is 1.01. The molecule has 1 aromatic heterocycles. The van der Waals surface area contributed by atoms with Crippen molar-refractivity contribution in [2.45, 2.75) is 19.9 Å². The van der Waals surface area contributed by atoms with Crippen molar-refractivity contribution in [2.24, 2.45) is 0 Å². The smallest absolute Gasteiger partial charge is 0.271 e. The molecule has 0 radical (unpaired) electrons. The van der Waals surface area contributed by atoms with Crippen LogP contribution in [-0.2, 0) is 13.0 Å². The van der Waals surface area contributed by atoms with Crippen LogP contribution in [0.2, 0.25) is 0 Å². The number of ether oxygens (including phenoxy) is 2. The number of nitrogens with zero attached hydrogens (tertiary/aromatic N) is 2. The van der Waals surface area contributed by atoms with Crippen molar-refractivity contribution in [1.82, 2.24) is 15.1 Å². The summed E-state index contributed by atoms with van der Waals surface area (Å²) >= 11 is 0. The largest absolute Gasteiger partial charge is 0.493 e. The highest BCUT2D eigenvalue weighted by atomic mass is 16.5. The summed E-state index contributed by atoms with van der Waals surface area (Å²) in [6.07, 6.45) is 0.638. The van der Waals surface area contributed by atoms with Crippen LogP contribution in [0.3, 0.4) is 0 Å². The Hall–Kier alpha value is -2.83. The second kappa shape index (κ2) is 8.14. The lowest BCUT2D eigenvalue weighted by molar-refractivity contribution is 0.0946. The maximum absolute atomic E-state index is 12.1. The zero-order valence-corrected chi connectivity index (χ0v) is 14.0. The number of benzene rings is 1. The minimum absolute atomic E-state index is 0.223. The molecule has 7 heteroatoms. The Balaban J connectivity index is 1.96. The predicted molar refractivity (Wildman–Crippen MR) is 89.8 cm³/mol. The molecule has 0 bridgehead atoms. The molecule has 1 N–H and O–H groups in total. The van der Waals surface area contributed by atoms with E-state index in [4.69, 9.17) is 9.47 Å². The average molecular weight is 331 g/mol. The Morgan fingerprint density at radius 1 is 1.17 bits per heavy atom. The number of rotatable bonds is 7. The lowest BCUT2D eigenvalue weighted by Crippen LogP contribution is -2.30. The van der Waals surface area contributed by atoms with Crippen molar-refractivity contribution in [3.05, 3.63) is 51.9 Å². The van der Waals surface area contributed by atoms with Gasteiger partial charge in [0.2, 0.25) is 0 Å². The molecule has 2 aromatic rings. The lowest BCUT2D eigenvalue weighted by Gasteiger charge is -2.10. The van der Waals surface area contributed by atoms with Crippen LogP contribution >= 0.6 is 0 Å². The summed E-state index contributed by atoms with van der Waals surface area (Å²) in [4.78, 5) is 23.6. The first-order valence-electron chi connectivity index (χ1n) is 7.66. The maximum Gasteiger partial charge on any atom is 0.271 e. The van der Waals surface area contributed by atoms with Crippen LogP contribution in [-0.4, -0.2) is 36.5 Å². The molecule has 0 aliphatic carbocycles. The van der Waals surface area contributed by atoms with Gasteiger partial charge in [0.25, 0.3) is 11.5 Å². The molecular weight excluding hydrogens is 310 g/mol. The molecule has 0 fully saturated rings. The van der Waals surface area contributed by atoms with Crippen molar-refractivity contribution in [1.29, 1.82) is 0 Å². The Morgan fingerprint density at radius 3 is 2.58 bits per heavy atom. The van der Waals surface area contributed by atoms with Gasteiger partial charge in [0.1, 0.15) is 5.69 Å². The maximum atomic E-state index is 12.1. The molecule has 0 spiro atoms. The van der Waals surface area contributed by atoms with Gasteiger partial charge in [-0.15, -0.1) is 0 Å². The quantitative estimate of drug-likeness (QED) is 0.826. The first-order chi connectivity index (χ1) is 11.6. The molecule has 0 aliphatic heterocycles. The third-order valence-corrected chi connectivity index (χ3v) is 3.55. The summed E-state index contributed by atoms with van der Waals surface area (Å²) in [5.41, 5.74) is 1.02. The van der Waals surface area contributed by atoms with E-state index in [1.807, 2.05) is 18.2 Å². The number of nitrogens with one attached hydrogen (secondary N) is 1. The Bertz CT molecular complexity index is 771. The van der Waals surface area contributed by atoms with E-state index in [0.29, 0.717) is 31.0 Å². The molecule has 128 valence electrons. The SMILES string of the molecule is CCn1nc(C(=O)NCCc2ccc(OC)c(OC)c2)ccc1=O. The molecule has 0 saturated carbocycles. The van der Waals surface area contributed by atoms with Crippen molar-refractivity contribution in [3.63, 3.8) is 0 Å². The second-order valence-corrected chi connectivity index (χ2v) is 5.07. The van der Waals surface area contributed by atoms with Gasteiger partial charge in [-0.2, -0.15) is 5.10 Å². The number of carbonyl (C=O) groups is 1. The predicted octanol–water partition coefficient (Wildman–Crippen LogP) is 1.25. The first kappa shape index (κ1) is 17.5. The zero-order chi connectivity index (χ0) is 17.5. The third-order valence-electron chi connectivity index (χ3n) is 3.55. The molecule has 1 heterocycles. The minimum Gasteiger partial charge on any atom is -0.493 e. The molecular formula is C17H21N3O4. The number of hydrogen-bond acceptors (Lipinski definition) is 5. The summed E-state index contributed by atoms with van der Waals surface area (Å²) in [7, 11) is 3.16. The van der Waals surface area contributed by atoms with Crippen LogP contribution in [0.4, 0.5) is 0 Å². The zero-order valence-electron chi connectivity index (χ0n) is 14.0. The Morgan fingerprint density at radius 2 is 1.92 bits per heavy atom. The summed E-state index contributed by atoms with van der Waals surface area (Å²) in [5, 5.41) is 6.82. The fourth-order valence-corrected chi connectivity index (χ4v) is 2.24. The standard InChI is InChI=1S/C17H21N3O4/c1-4-20-16(21)8-6-13(19-20)17(22)18-10-9-12-5-7-14(23-2)15(11-12)24-3/h5-8,11H,4,9-10H2,1-3H3,(H,18,22). The first-order valence-corrected chi connectivity index (χ1v) is 7.66. The minimum atomic E-state index is -0.308. The van der Waals surface area contributed by atoms with Gasteiger partial charge in [0.05, 0.1) is 14.2 Å². The number of aryl methyl sites for hydroxylation is 1. The van der Waals surface area contributed by atoms with E-state index in [1.165, 1.54) is 16.8 Å².